The van der Waals surface area contributed by atoms with Crippen molar-refractivity contribution >= 4 is 16.1 Å². The molecule has 2 aromatic carbocycles. The van der Waals surface area contributed by atoms with Crippen LogP contribution in [0.4, 0.5) is 0 Å². The second-order valence-electron chi connectivity index (χ2n) is 4.70. The fourth-order valence-electron chi connectivity index (χ4n) is 1.53. The van der Waals surface area contributed by atoms with E-state index in [1.165, 1.54) is 36.4 Å². The SMILES string of the molecule is Cc1ccc(S(=O)(=O)O)cc1.N[C@@H](C(=O)O)c1ccc(O)cc1. The molecule has 0 bridgehead atoms. The fraction of sp³-hybridized carbons (Fsp3) is 0.133. The van der Waals surface area contributed by atoms with E-state index in [1.54, 1.807) is 12.1 Å². The van der Waals surface area contributed by atoms with E-state index in [-0.39, 0.29) is 10.6 Å². The molecule has 8 heteroatoms. The maximum absolute atomic E-state index is 10.5. The molecule has 0 fully saturated rings. The molecule has 0 heterocycles. The van der Waals surface area contributed by atoms with E-state index in [9.17, 15) is 13.2 Å². The summed E-state index contributed by atoms with van der Waals surface area (Å²) in [6, 6.07) is 10.7. The number of phenols is 1. The van der Waals surface area contributed by atoms with E-state index >= 15 is 0 Å². The van der Waals surface area contributed by atoms with Gasteiger partial charge in [0.05, 0.1) is 4.90 Å². The van der Waals surface area contributed by atoms with Gasteiger partial charge in [0.1, 0.15) is 11.8 Å². The monoisotopic (exact) mass is 339 g/mol. The molecular weight excluding hydrogens is 322 g/mol. The number of hydrogen-bond donors (Lipinski definition) is 4. The average molecular weight is 339 g/mol. The maximum atomic E-state index is 10.5. The lowest BCUT2D eigenvalue weighted by Crippen LogP contribution is -2.20. The zero-order valence-electron chi connectivity index (χ0n) is 12.2. The summed E-state index contributed by atoms with van der Waals surface area (Å²) in [6.07, 6.45) is 0. The number of carboxylic acid groups (broad SMARTS) is 1. The summed E-state index contributed by atoms with van der Waals surface area (Å²) < 4.78 is 29.6. The van der Waals surface area contributed by atoms with Crippen LogP contribution < -0.4 is 5.73 Å². The predicted octanol–water partition coefficient (Wildman–Crippen LogP) is 1.72. The van der Waals surface area contributed by atoms with E-state index in [1.807, 2.05) is 6.92 Å². The quantitative estimate of drug-likeness (QED) is 0.624. The fourth-order valence-corrected chi connectivity index (χ4v) is 2.01. The molecule has 0 amide bonds. The second kappa shape index (κ2) is 7.73. The number of hydrogen-bond acceptors (Lipinski definition) is 5. The van der Waals surface area contributed by atoms with Crippen molar-refractivity contribution < 1.29 is 28.0 Å². The van der Waals surface area contributed by atoms with Gasteiger partial charge in [-0.25, -0.2) is 0 Å². The number of aromatic hydroxyl groups is 1. The molecule has 7 nitrogen and oxygen atoms in total. The Kier molecular flexibility index (Phi) is 6.26. The van der Waals surface area contributed by atoms with Crippen LogP contribution in [0.25, 0.3) is 0 Å². The van der Waals surface area contributed by atoms with Crippen LogP contribution in [-0.4, -0.2) is 29.2 Å². The molecular formula is C15H17NO6S. The lowest BCUT2D eigenvalue weighted by molar-refractivity contribution is -0.138. The van der Waals surface area contributed by atoms with Crippen LogP contribution in [0, 0.1) is 6.92 Å². The Morgan fingerprint density at radius 1 is 1.04 bits per heavy atom. The molecule has 2 aromatic rings. The summed E-state index contributed by atoms with van der Waals surface area (Å²) >= 11 is 0. The molecule has 0 aliphatic carbocycles. The highest BCUT2D eigenvalue weighted by Crippen LogP contribution is 2.14. The Morgan fingerprint density at radius 3 is 1.91 bits per heavy atom. The van der Waals surface area contributed by atoms with Gasteiger partial charge >= 0.3 is 5.97 Å². The summed E-state index contributed by atoms with van der Waals surface area (Å²) in [6.45, 7) is 1.84. The second-order valence-corrected chi connectivity index (χ2v) is 6.12. The Labute approximate surface area is 133 Å². The van der Waals surface area contributed by atoms with E-state index in [0.717, 1.165) is 5.56 Å². The summed E-state index contributed by atoms with van der Waals surface area (Å²) in [7, 11) is -4.02. The lowest BCUT2D eigenvalue weighted by Gasteiger charge is -2.05. The Bertz CT molecular complexity index is 754. The van der Waals surface area contributed by atoms with Crippen LogP contribution in [0.5, 0.6) is 5.75 Å². The number of carboxylic acids is 1. The van der Waals surface area contributed by atoms with Crippen molar-refractivity contribution in [3.63, 3.8) is 0 Å². The van der Waals surface area contributed by atoms with E-state index < -0.39 is 22.1 Å². The first-order chi connectivity index (χ1) is 10.6. The van der Waals surface area contributed by atoms with Crippen LogP contribution >= 0.6 is 0 Å². The third-order valence-electron chi connectivity index (χ3n) is 2.84. The van der Waals surface area contributed by atoms with Crippen LogP contribution in [0.3, 0.4) is 0 Å². The maximum Gasteiger partial charge on any atom is 0.325 e. The van der Waals surface area contributed by atoms with E-state index in [0.29, 0.717) is 5.56 Å². The van der Waals surface area contributed by atoms with Gasteiger partial charge in [-0.1, -0.05) is 29.8 Å². The Morgan fingerprint density at radius 2 is 1.52 bits per heavy atom. The van der Waals surface area contributed by atoms with Crippen LogP contribution in [0.15, 0.2) is 53.4 Å². The topological polar surface area (TPSA) is 138 Å². The molecule has 0 aliphatic heterocycles. The summed E-state index contributed by atoms with van der Waals surface area (Å²) in [5.74, 6) is -0.989. The molecule has 2 rings (SSSR count). The molecule has 0 spiro atoms. The van der Waals surface area contributed by atoms with Gasteiger partial charge in [0.25, 0.3) is 10.1 Å². The number of phenolic OH excluding ortho intramolecular Hbond substituents is 1. The van der Waals surface area contributed by atoms with E-state index in [4.69, 9.17) is 20.5 Å². The van der Waals surface area contributed by atoms with Crippen molar-refractivity contribution in [2.24, 2.45) is 5.73 Å². The molecule has 124 valence electrons. The van der Waals surface area contributed by atoms with Gasteiger partial charge in [-0.2, -0.15) is 8.42 Å². The standard InChI is InChI=1S/C8H9NO3.C7H8O3S/c9-7(8(11)12)5-1-3-6(10)4-2-5;1-6-2-4-7(5-3-6)11(8,9)10/h1-4,7,10H,9H2,(H,11,12);2-5H,1H3,(H,8,9,10)/t7-;/m1./s1. The summed E-state index contributed by atoms with van der Waals surface area (Å²) in [4.78, 5) is 10.3. The highest BCUT2D eigenvalue weighted by Gasteiger charge is 2.13. The number of rotatable bonds is 3. The van der Waals surface area contributed by atoms with E-state index in [2.05, 4.69) is 0 Å². The van der Waals surface area contributed by atoms with Gasteiger partial charge in [-0.15, -0.1) is 0 Å². The molecule has 0 aromatic heterocycles. The number of carbonyl (C=O) groups is 1. The first-order valence-corrected chi connectivity index (χ1v) is 7.86. The molecule has 0 radical (unpaired) electrons. The Balaban J connectivity index is 0.000000231. The zero-order chi connectivity index (χ0) is 17.6. The third kappa shape index (κ3) is 6.07. The van der Waals surface area contributed by atoms with Gasteiger partial charge in [-0.3, -0.25) is 9.35 Å². The minimum Gasteiger partial charge on any atom is -0.508 e. The minimum atomic E-state index is -4.02. The Hall–Kier alpha value is -2.42. The lowest BCUT2D eigenvalue weighted by atomic mass is 10.1. The summed E-state index contributed by atoms with van der Waals surface area (Å²) in [5, 5.41) is 17.4. The van der Waals surface area contributed by atoms with Gasteiger partial charge in [0, 0.05) is 0 Å². The predicted molar refractivity (Wildman–Crippen MR) is 83.7 cm³/mol. The molecule has 5 N–H and O–H groups in total. The minimum absolute atomic E-state index is 0.0666. The van der Waals surface area contributed by atoms with Crippen molar-refractivity contribution in [1.82, 2.24) is 0 Å². The van der Waals surface area contributed by atoms with Crippen molar-refractivity contribution in [3.8, 4) is 5.75 Å². The van der Waals surface area contributed by atoms with Crippen molar-refractivity contribution in [2.75, 3.05) is 0 Å². The average Bonchev–Trinajstić information content (AvgIpc) is 2.47. The first-order valence-electron chi connectivity index (χ1n) is 6.42. The molecule has 0 saturated carbocycles. The molecule has 0 aliphatic rings. The van der Waals surface area contributed by atoms with Gasteiger partial charge in [0.2, 0.25) is 0 Å². The highest BCUT2D eigenvalue weighted by atomic mass is 32.2. The van der Waals surface area contributed by atoms with Crippen LogP contribution in [0.2, 0.25) is 0 Å². The van der Waals surface area contributed by atoms with Gasteiger partial charge < -0.3 is 15.9 Å². The zero-order valence-corrected chi connectivity index (χ0v) is 13.1. The highest BCUT2D eigenvalue weighted by molar-refractivity contribution is 7.85. The number of nitrogens with two attached hydrogens (primary N) is 1. The van der Waals surface area contributed by atoms with Crippen LogP contribution in [0.1, 0.15) is 17.2 Å². The molecule has 0 saturated heterocycles. The van der Waals surface area contributed by atoms with Gasteiger partial charge in [-0.05, 0) is 36.8 Å². The number of aryl methyl sites for hydroxylation is 1. The largest absolute Gasteiger partial charge is 0.508 e. The van der Waals surface area contributed by atoms with Crippen molar-refractivity contribution in [2.45, 2.75) is 17.9 Å². The summed E-state index contributed by atoms with van der Waals surface area (Å²) in [5.41, 5.74) is 6.74. The number of benzene rings is 2. The van der Waals surface area contributed by atoms with Crippen molar-refractivity contribution in [3.05, 3.63) is 59.7 Å². The molecule has 1 atom stereocenters. The first kappa shape index (κ1) is 18.6. The van der Waals surface area contributed by atoms with Crippen molar-refractivity contribution in [1.29, 1.82) is 0 Å². The number of aliphatic carboxylic acids is 1. The normalized spacial score (nSPS) is 12.0. The third-order valence-corrected chi connectivity index (χ3v) is 3.70. The van der Waals surface area contributed by atoms with Crippen LogP contribution in [-0.2, 0) is 14.9 Å². The smallest absolute Gasteiger partial charge is 0.325 e. The molecule has 23 heavy (non-hydrogen) atoms. The molecule has 0 unspecified atom stereocenters. The van der Waals surface area contributed by atoms with Gasteiger partial charge in [0.15, 0.2) is 0 Å².